The van der Waals surface area contributed by atoms with E-state index in [9.17, 15) is 14.9 Å². The van der Waals surface area contributed by atoms with Crippen molar-refractivity contribution in [3.63, 3.8) is 0 Å². The summed E-state index contributed by atoms with van der Waals surface area (Å²) in [6.45, 7) is 0.125. The number of hydrogen-bond acceptors (Lipinski definition) is 8. The van der Waals surface area contributed by atoms with Crippen LogP contribution in [0, 0.1) is 15.5 Å². The number of hydrogen-bond donors (Lipinski definition) is 1. The summed E-state index contributed by atoms with van der Waals surface area (Å²) in [5.74, 6) is 1.73. The molecule has 2 aliphatic heterocycles. The van der Waals surface area contributed by atoms with Crippen LogP contribution in [-0.4, -0.2) is 22.8 Å². The summed E-state index contributed by atoms with van der Waals surface area (Å²) in [5, 5.41) is 19.1. The molecule has 3 aromatic rings. The Kier molecular flexibility index (Phi) is 4.48. The van der Waals surface area contributed by atoms with Crippen LogP contribution in [0.3, 0.4) is 0 Å². The zero-order valence-electron chi connectivity index (χ0n) is 15.7. The fraction of sp³-hybridized carbons (Fsp3) is 0.0476. The van der Waals surface area contributed by atoms with E-state index in [0.717, 1.165) is 11.8 Å². The van der Waals surface area contributed by atoms with E-state index < -0.39 is 4.92 Å². The topological polar surface area (TPSA) is 119 Å². The quantitative estimate of drug-likeness (QED) is 0.360. The molecular formula is C21H13N3O6S. The minimum atomic E-state index is -0.467. The van der Waals surface area contributed by atoms with Gasteiger partial charge in [-0.25, -0.2) is 0 Å². The second-order valence-corrected chi connectivity index (χ2v) is 7.63. The average molecular weight is 435 g/mol. The highest BCUT2D eigenvalue weighted by atomic mass is 32.2. The Morgan fingerprint density at radius 3 is 2.61 bits per heavy atom. The molecule has 154 valence electrons. The fourth-order valence-corrected chi connectivity index (χ4v) is 4.05. The van der Waals surface area contributed by atoms with Crippen LogP contribution < -0.4 is 14.4 Å². The van der Waals surface area contributed by atoms with Crippen molar-refractivity contribution in [2.24, 2.45) is 0 Å². The van der Waals surface area contributed by atoms with Gasteiger partial charge in [0.1, 0.15) is 11.5 Å². The van der Waals surface area contributed by atoms with E-state index >= 15 is 0 Å². The lowest BCUT2D eigenvalue weighted by Gasteiger charge is -2.14. The molecule has 0 aliphatic carbocycles. The number of fused-ring (bicyclic) bond motifs is 1. The molecule has 2 aromatic carbocycles. The molecule has 0 unspecified atom stereocenters. The summed E-state index contributed by atoms with van der Waals surface area (Å²) in [4.78, 5) is 24.9. The van der Waals surface area contributed by atoms with Crippen LogP contribution in [-0.2, 0) is 4.79 Å². The zero-order valence-corrected chi connectivity index (χ0v) is 16.5. The van der Waals surface area contributed by atoms with E-state index in [2.05, 4.69) is 0 Å². The third-order valence-electron chi connectivity index (χ3n) is 4.70. The van der Waals surface area contributed by atoms with Crippen LogP contribution in [0.25, 0.3) is 17.4 Å². The zero-order chi connectivity index (χ0) is 21.5. The SMILES string of the molecule is N=C1SC(=Cc2ccc(-c3ccc([N+](=O)[O-])cc3)o2)C(=O)N1c1ccc2c(c1)OCO2. The number of ether oxygens (including phenoxy) is 2. The van der Waals surface area contributed by atoms with Gasteiger partial charge in [0.05, 0.1) is 15.5 Å². The predicted molar refractivity (Wildman–Crippen MR) is 114 cm³/mol. The molecule has 1 saturated heterocycles. The van der Waals surface area contributed by atoms with Crippen LogP contribution in [0.15, 0.2) is 63.9 Å². The third-order valence-corrected chi connectivity index (χ3v) is 5.59. The van der Waals surface area contributed by atoms with Gasteiger partial charge in [-0.2, -0.15) is 0 Å². The van der Waals surface area contributed by atoms with Crippen molar-refractivity contribution in [3.05, 3.63) is 75.4 Å². The largest absolute Gasteiger partial charge is 0.457 e. The minimum Gasteiger partial charge on any atom is -0.457 e. The first kappa shape index (κ1) is 18.9. The van der Waals surface area contributed by atoms with Crippen molar-refractivity contribution in [1.29, 1.82) is 5.41 Å². The number of nitro groups is 1. The monoisotopic (exact) mass is 435 g/mol. The molecule has 1 N–H and O–H groups in total. The second-order valence-electron chi connectivity index (χ2n) is 6.60. The Labute approximate surface area is 179 Å². The molecule has 1 amide bonds. The fourth-order valence-electron chi connectivity index (χ4n) is 3.21. The number of anilines is 1. The van der Waals surface area contributed by atoms with Gasteiger partial charge in [0, 0.05) is 29.8 Å². The minimum absolute atomic E-state index is 0.00674. The molecule has 5 rings (SSSR count). The van der Waals surface area contributed by atoms with E-state index in [1.165, 1.54) is 17.0 Å². The molecule has 0 saturated carbocycles. The van der Waals surface area contributed by atoms with Gasteiger partial charge in [0.15, 0.2) is 16.7 Å². The summed E-state index contributed by atoms with van der Waals surface area (Å²) in [6, 6.07) is 14.5. The van der Waals surface area contributed by atoms with Crippen LogP contribution in [0.1, 0.15) is 5.76 Å². The summed E-state index contributed by atoms with van der Waals surface area (Å²) >= 11 is 1.03. The summed E-state index contributed by atoms with van der Waals surface area (Å²) in [6.07, 6.45) is 1.57. The molecular weight excluding hydrogens is 422 g/mol. The van der Waals surface area contributed by atoms with Gasteiger partial charge in [-0.15, -0.1) is 0 Å². The maximum absolute atomic E-state index is 12.9. The van der Waals surface area contributed by atoms with Crippen molar-refractivity contribution < 1.29 is 23.6 Å². The van der Waals surface area contributed by atoms with Crippen LogP contribution in [0.5, 0.6) is 11.5 Å². The Bertz CT molecular complexity index is 1260. The van der Waals surface area contributed by atoms with E-state index in [-0.39, 0.29) is 23.6 Å². The van der Waals surface area contributed by atoms with Gasteiger partial charge in [0.2, 0.25) is 6.79 Å². The molecule has 10 heteroatoms. The highest BCUT2D eigenvalue weighted by molar-refractivity contribution is 8.19. The smallest absolute Gasteiger partial charge is 0.271 e. The van der Waals surface area contributed by atoms with E-state index in [0.29, 0.717) is 39.2 Å². The Morgan fingerprint density at radius 2 is 1.84 bits per heavy atom. The summed E-state index contributed by atoms with van der Waals surface area (Å²) < 4.78 is 16.4. The molecule has 1 aromatic heterocycles. The predicted octanol–water partition coefficient (Wildman–Crippen LogP) is 4.64. The third kappa shape index (κ3) is 3.42. The molecule has 31 heavy (non-hydrogen) atoms. The van der Waals surface area contributed by atoms with Crippen molar-refractivity contribution in [3.8, 4) is 22.8 Å². The molecule has 3 heterocycles. The highest BCUT2D eigenvalue weighted by Gasteiger charge is 2.34. The number of nitro benzene ring substituents is 1. The number of carbonyl (C=O) groups is 1. The van der Waals surface area contributed by atoms with Gasteiger partial charge in [-0.3, -0.25) is 25.2 Å². The second kappa shape index (κ2) is 7.33. The number of rotatable bonds is 4. The molecule has 0 spiro atoms. The number of non-ortho nitro benzene ring substituents is 1. The number of amidine groups is 1. The van der Waals surface area contributed by atoms with Gasteiger partial charge in [0.25, 0.3) is 11.6 Å². The molecule has 0 bridgehead atoms. The molecule has 0 radical (unpaired) electrons. The maximum atomic E-state index is 12.9. The van der Waals surface area contributed by atoms with E-state index in [1.807, 2.05) is 0 Å². The van der Waals surface area contributed by atoms with Gasteiger partial charge in [-0.05, 0) is 48.2 Å². The first-order chi connectivity index (χ1) is 15.0. The Morgan fingerprint density at radius 1 is 1.06 bits per heavy atom. The average Bonchev–Trinajstić information content (AvgIpc) is 3.48. The maximum Gasteiger partial charge on any atom is 0.271 e. The number of nitrogens with one attached hydrogen (secondary N) is 1. The highest BCUT2D eigenvalue weighted by Crippen LogP contribution is 2.40. The number of thioether (sulfide) groups is 1. The number of benzene rings is 2. The number of furan rings is 1. The van der Waals surface area contributed by atoms with Gasteiger partial charge >= 0.3 is 0 Å². The van der Waals surface area contributed by atoms with E-state index in [1.54, 1.807) is 48.5 Å². The van der Waals surface area contributed by atoms with Gasteiger partial charge < -0.3 is 13.9 Å². The molecule has 1 fully saturated rings. The van der Waals surface area contributed by atoms with Gasteiger partial charge in [-0.1, -0.05) is 0 Å². The summed E-state index contributed by atoms with van der Waals surface area (Å²) in [7, 11) is 0. The first-order valence-electron chi connectivity index (χ1n) is 9.06. The van der Waals surface area contributed by atoms with Crippen molar-refractivity contribution in [2.45, 2.75) is 0 Å². The molecule has 9 nitrogen and oxygen atoms in total. The first-order valence-corrected chi connectivity index (χ1v) is 9.88. The number of amides is 1. The van der Waals surface area contributed by atoms with Crippen molar-refractivity contribution in [2.75, 3.05) is 11.7 Å². The standard InChI is InChI=1S/C21H13N3O6S/c22-21-23(14-5-7-17-18(9-14)29-11-28-17)20(25)19(31-21)10-15-6-8-16(30-15)12-1-3-13(4-2-12)24(26)27/h1-10,22H,11H2. The number of nitrogens with zero attached hydrogens (tertiary/aromatic N) is 2. The van der Waals surface area contributed by atoms with Crippen molar-refractivity contribution in [1.82, 2.24) is 0 Å². The molecule has 0 atom stereocenters. The lowest BCUT2D eigenvalue weighted by Crippen LogP contribution is -2.28. The Balaban J connectivity index is 1.38. The van der Waals surface area contributed by atoms with Crippen molar-refractivity contribution >= 4 is 40.3 Å². The lowest BCUT2D eigenvalue weighted by molar-refractivity contribution is -0.384. The molecule has 2 aliphatic rings. The summed E-state index contributed by atoms with van der Waals surface area (Å²) in [5.41, 5.74) is 1.18. The van der Waals surface area contributed by atoms with Crippen LogP contribution >= 0.6 is 11.8 Å². The van der Waals surface area contributed by atoms with Crippen LogP contribution in [0.2, 0.25) is 0 Å². The van der Waals surface area contributed by atoms with Crippen LogP contribution in [0.4, 0.5) is 11.4 Å². The van der Waals surface area contributed by atoms with E-state index in [4.69, 9.17) is 19.3 Å². The Hall–Kier alpha value is -4.05. The normalized spacial score (nSPS) is 16.4. The number of carbonyl (C=O) groups excluding carboxylic acids is 1. The lowest BCUT2D eigenvalue weighted by atomic mass is 10.1.